The molecule has 1 aromatic carbocycles. The molecule has 1 amide bonds. The topological polar surface area (TPSA) is 97.8 Å². The lowest BCUT2D eigenvalue weighted by Gasteiger charge is -2.14. The van der Waals surface area contributed by atoms with E-state index >= 15 is 0 Å². The molecule has 0 aliphatic carbocycles. The molecule has 1 aromatic heterocycles. The van der Waals surface area contributed by atoms with Crippen molar-refractivity contribution < 1.29 is 23.3 Å². The molecular weight excluding hydrogens is 367 g/mol. The molecule has 8 heteroatoms. The van der Waals surface area contributed by atoms with E-state index < -0.39 is 7.82 Å². The van der Waals surface area contributed by atoms with Crippen molar-refractivity contribution in [2.45, 2.75) is 45.6 Å². The van der Waals surface area contributed by atoms with Crippen LogP contribution in [0.1, 0.15) is 38.8 Å². The van der Waals surface area contributed by atoms with Crippen molar-refractivity contribution in [3.63, 3.8) is 0 Å². The van der Waals surface area contributed by atoms with Gasteiger partial charge in [-0.2, -0.15) is 0 Å². The summed E-state index contributed by atoms with van der Waals surface area (Å²) in [6.07, 6.45) is 3.81. The highest BCUT2D eigenvalue weighted by atomic mass is 31.2. The van der Waals surface area contributed by atoms with Crippen molar-refractivity contribution in [2.24, 2.45) is 0 Å². The molecule has 2 N–H and O–H groups in total. The van der Waals surface area contributed by atoms with Gasteiger partial charge >= 0.3 is 7.82 Å². The van der Waals surface area contributed by atoms with E-state index in [1.54, 1.807) is 20.0 Å². The number of benzene rings is 1. The fourth-order valence-corrected chi connectivity index (χ4v) is 3.51. The number of amides is 1. The normalized spacial score (nSPS) is 13.6. The van der Waals surface area contributed by atoms with E-state index in [2.05, 4.69) is 10.3 Å². The van der Waals surface area contributed by atoms with E-state index in [1.165, 1.54) is 0 Å². The number of pyridine rings is 1. The zero-order chi connectivity index (χ0) is 19.7. The summed E-state index contributed by atoms with van der Waals surface area (Å²) < 4.78 is 21.2. The van der Waals surface area contributed by atoms with Crippen LogP contribution in [0.4, 0.5) is 0 Å². The first-order valence-electron chi connectivity index (χ1n) is 9.12. The number of hydrogen-bond acceptors (Lipinski definition) is 5. The Labute approximate surface area is 159 Å². The standard InChI is InChI=1S/C19H27N2O5P/c1-15(2)26-27(23,24)25-11-7-3-6-10-20-19(22)13-18-12-16-8-4-5-9-17(16)14-21-18/h4-5,8-9,12,14-15H,3,6-7,10-11,13H2,1-2H3,(H,20,22)(H,23,24). The van der Waals surface area contributed by atoms with Crippen molar-refractivity contribution in [2.75, 3.05) is 13.2 Å². The second-order valence-electron chi connectivity index (χ2n) is 6.57. The number of rotatable bonds is 11. The molecule has 1 heterocycles. The van der Waals surface area contributed by atoms with E-state index in [9.17, 15) is 14.3 Å². The molecule has 7 nitrogen and oxygen atoms in total. The van der Waals surface area contributed by atoms with E-state index in [0.29, 0.717) is 13.0 Å². The summed E-state index contributed by atoms with van der Waals surface area (Å²) in [5.41, 5.74) is 0.739. The van der Waals surface area contributed by atoms with Gasteiger partial charge in [0.1, 0.15) is 0 Å². The lowest BCUT2D eigenvalue weighted by atomic mass is 10.1. The third-order valence-corrected chi connectivity index (χ3v) is 4.97. The molecule has 0 aliphatic heterocycles. The number of nitrogens with one attached hydrogen (secondary N) is 1. The smallest absolute Gasteiger partial charge is 0.356 e. The number of unbranched alkanes of at least 4 members (excludes halogenated alkanes) is 2. The monoisotopic (exact) mass is 394 g/mol. The maximum atomic E-state index is 12.0. The number of phosphoric ester groups is 1. The molecule has 2 aromatic rings. The Morgan fingerprint density at radius 3 is 2.70 bits per heavy atom. The Morgan fingerprint density at radius 2 is 1.96 bits per heavy atom. The molecule has 0 saturated carbocycles. The molecule has 0 radical (unpaired) electrons. The Balaban J connectivity index is 1.60. The zero-order valence-corrected chi connectivity index (χ0v) is 16.7. The highest BCUT2D eigenvalue weighted by Gasteiger charge is 2.21. The van der Waals surface area contributed by atoms with Crippen LogP contribution in [0.5, 0.6) is 0 Å². The molecule has 1 atom stereocenters. The van der Waals surface area contributed by atoms with Crippen LogP contribution in [-0.2, 0) is 24.8 Å². The van der Waals surface area contributed by atoms with Gasteiger partial charge in [-0.25, -0.2) is 4.57 Å². The largest absolute Gasteiger partial charge is 0.472 e. The van der Waals surface area contributed by atoms with Gasteiger partial charge in [0.05, 0.1) is 24.8 Å². The van der Waals surface area contributed by atoms with Crippen molar-refractivity contribution >= 4 is 24.5 Å². The summed E-state index contributed by atoms with van der Waals surface area (Å²) >= 11 is 0. The summed E-state index contributed by atoms with van der Waals surface area (Å²) in [5, 5.41) is 4.98. The van der Waals surface area contributed by atoms with Crippen LogP contribution in [0, 0.1) is 0 Å². The Bertz CT molecular complexity index is 797. The number of carbonyl (C=O) groups excluding carboxylic acids is 1. The number of phosphoric acid groups is 1. The van der Waals surface area contributed by atoms with Crippen molar-refractivity contribution in [3.05, 3.63) is 42.2 Å². The lowest BCUT2D eigenvalue weighted by molar-refractivity contribution is -0.120. The predicted molar refractivity (Wildman–Crippen MR) is 104 cm³/mol. The second kappa shape index (κ2) is 10.5. The molecule has 1 unspecified atom stereocenters. The Kier molecular flexibility index (Phi) is 8.38. The summed E-state index contributed by atoms with van der Waals surface area (Å²) in [6.45, 7) is 4.03. The van der Waals surface area contributed by atoms with Crippen LogP contribution in [-0.4, -0.2) is 35.0 Å². The maximum Gasteiger partial charge on any atom is 0.472 e. The first-order valence-corrected chi connectivity index (χ1v) is 10.6. The van der Waals surface area contributed by atoms with Crippen molar-refractivity contribution in [1.29, 1.82) is 0 Å². The Morgan fingerprint density at radius 1 is 1.22 bits per heavy atom. The van der Waals surface area contributed by atoms with Gasteiger partial charge in [0, 0.05) is 18.1 Å². The van der Waals surface area contributed by atoms with Gasteiger partial charge in [0.15, 0.2) is 0 Å². The van der Waals surface area contributed by atoms with Gasteiger partial charge in [-0.3, -0.25) is 18.8 Å². The van der Waals surface area contributed by atoms with Crippen molar-refractivity contribution in [1.82, 2.24) is 10.3 Å². The average molecular weight is 394 g/mol. The summed E-state index contributed by atoms with van der Waals surface area (Å²) in [7, 11) is -3.95. The molecular formula is C19H27N2O5P. The van der Waals surface area contributed by atoms with Crippen LogP contribution in [0.2, 0.25) is 0 Å². The van der Waals surface area contributed by atoms with Crippen LogP contribution < -0.4 is 5.32 Å². The van der Waals surface area contributed by atoms with Gasteiger partial charge < -0.3 is 10.2 Å². The third kappa shape index (κ3) is 8.18. The zero-order valence-electron chi connectivity index (χ0n) is 15.8. The Hall–Kier alpha value is -1.79. The summed E-state index contributed by atoms with van der Waals surface area (Å²) in [5.74, 6) is -0.0702. The van der Waals surface area contributed by atoms with Crippen LogP contribution in [0.3, 0.4) is 0 Å². The fourth-order valence-electron chi connectivity index (χ4n) is 2.56. The first-order chi connectivity index (χ1) is 12.9. The van der Waals surface area contributed by atoms with Gasteiger partial charge in [-0.15, -0.1) is 0 Å². The van der Waals surface area contributed by atoms with Gasteiger partial charge in [-0.1, -0.05) is 24.3 Å². The molecule has 0 saturated heterocycles. The minimum Gasteiger partial charge on any atom is -0.356 e. The summed E-state index contributed by atoms with van der Waals surface area (Å²) in [4.78, 5) is 25.7. The minimum atomic E-state index is -3.95. The van der Waals surface area contributed by atoms with Crippen LogP contribution >= 0.6 is 7.82 Å². The summed E-state index contributed by atoms with van der Waals surface area (Å²) in [6, 6.07) is 9.83. The predicted octanol–water partition coefficient (Wildman–Crippen LogP) is 3.61. The van der Waals surface area contributed by atoms with Crippen LogP contribution in [0.15, 0.2) is 36.5 Å². The number of aromatic nitrogens is 1. The second-order valence-corrected chi connectivity index (χ2v) is 7.97. The molecule has 2 rings (SSSR count). The third-order valence-electron chi connectivity index (χ3n) is 3.77. The average Bonchev–Trinajstić information content (AvgIpc) is 2.59. The number of carbonyl (C=O) groups is 1. The van der Waals surface area contributed by atoms with Crippen molar-refractivity contribution in [3.8, 4) is 0 Å². The minimum absolute atomic E-state index is 0.0702. The molecule has 0 fully saturated rings. The van der Waals surface area contributed by atoms with E-state index in [1.807, 2.05) is 30.3 Å². The quantitative estimate of drug-likeness (QED) is 0.446. The number of nitrogens with zero attached hydrogens (tertiary/aromatic N) is 1. The maximum absolute atomic E-state index is 12.0. The van der Waals surface area contributed by atoms with E-state index in [4.69, 9.17) is 9.05 Å². The fraction of sp³-hybridized carbons (Fsp3) is 0.474. The van der Waals surface area contributed by atoms with Gasteiger partial charge in [0.25, 0.3) is 0 Å². The van der Waals surface area contributed by atoms with E-state index in [0.717, 1.165) is 29.3 Å². The molecule has 27 heavy (non-hydrogen) atoms. The highest BCUT2D eigenvalue weighted by molar-refractivity contribution is 7.47. The SMILES string of the molecule is CC(C)OP(=O)(O)OCCCCCNC(=O)Cc1cc2ccccc2cn1. The number of hydrogen-bond donors (Lipinski definition) is 2. The lowest BCUT2D eigenvalue weighted by Crippen LogP contribution is -2.26. The molecule has 0 spiro atoms. The molecule has 148 valence electrons. The molecule has 0 aliphatic rings. The highest BCUT2D eigenvalue weighted by Crippen LogP contribution is 2.44. The molecule has 0 bridgehead atoms. The van der Waals surface area contributed by atoms with Crippen LogP contribution in [0.25, 0.3) is 10.8 Å². The van der Waals surface area contributed by atoms with Gasteiger partial charge in [0.2, 0.25) is 5.91 Å². The van der Waals surface area contributed by atoms with Gasteiger partial charge in [-0.05, 0) is 44.6 Å². The number of fused-ring (bicyclic) bond motifs is 1. The van der Waals surface area contributed by atoms with E-state index in [-0.39, 0.29) is 25.0 Å². The first kappa shape index (κ1) is 21.5.